The van der Waals surface area contributed by atoms with Crippen LogP contribution in [-0.4, -0.2) is 16.7 Å². The second kappa shape index (κ2) is 6.63. The Hall–Kier alpha value is -1.46. The first-order valence-corrected chi connectivity index (χ1v) is 6.52. The Kier molecular flexibility index (Phi) is 4.87. The molecular weight excluding hydrogens is 269 g/mol. The van der Waals surface area contributed by atoms with Gasteiger partial charge in [0.1, 0.15) is 5.82 Å². The second-order valence-corrected chi connectivity index (χ2v) is 4.67. The number of nitrogens with zero attached hydrogens (tertiary/aromatic N) is 2. The molecule has 0 spiro atoms. The predicted octanol–water partition coefficient (Wildman–Crippen LogP) is 2.73. The number of aryl methyl sites for hydroxylation is 1. The van der Waals surface area contributed by atoms with Gasteiger partial charge < -0.3 is 10.3 Å². The standard InChI is InChI=1S/C13H15ClFN3O/c14-11-8-10(15)5-4-9(11)7-12-17-13(19-18-12)3-1-2-6-16/h4-5,8H,1-3,6-7,16H2. The molecule has 0 bridgehead atoms. The van der Waals surface area contributed by atoms with Crippen LogP contribution in [0.2, 0.25) is 5.02 Å². The number of rotatable bonds is 6. The average Bonchev–Trinajstić information content (AvgIpc) is 2.81. The van der Waals surface area contributed by atoms with E-state index >= 15 is 0 Å². The lowest BCUT2D eigenvalue weighted by atomic mass is 10.1. The van der Waals surface area contributed by atoms with E-state index < -0.39 is 0 Å². The molecule has 2 aromatic rings. The van der Waals surface area contributed by atoms with Gasteiger partial charge in [-0.1, -0.05) is 22.8 Å². The summed E-state index contributed by atoms with van der Waals surface area (Å²) in [6.07, 6.45) is 3.01. The zero-order chi connectivity index (χ0) is 13.7. The molecule has 2 rings (SSSR count). The van der Waals surface area contributed by atoms with Gasteiger partial charge in [0.15, 0.2) is 5.82 Å². The second-order valence-electron chi connectivity index (χ2n) is 4.26. The molecule has 0 aliphatic carbocycles. The third-order valence-electron chi connectivity index (χ3n) is 2.72. The van der Waals surface area contributed by atoms with E-state index in [9.17, 15) is 4.39 Å². The summed E-state index contributed by atoms with van der Waals surface area (Å²) in [6, 6.07) is 4.27. The van der Waals surface area contributed by atoms with E-state index in [1.807, 2.05) is 0 Å². The smallest absolute Gasteiger partial charge is 0.226 e. The van der Waals surface area contributed by atoms with Gasteiger partial charge in [0, 0.05) is 17.9 Å². The van der Waals surface area contributed by atoms with E-state index in [4.69, 9.17) is 21.9 Å². The van der Waals surface area contributed by atoms with Gasteiger partial charge in [0.25, 0.3) is 0 Å². The molecule has 0 radical (unpaired) electrons. The van der Waals surface area contributed by atoms with Crippen molar-refractivity contribution in [3.05, 3.63) is 46.3 Å². The van der Waals surface area contributed by atoms with Crippen LogP contribution >= 0.6 is 11.6 Å². The molecule has 0 saturated heterocycles. The molecule has 19 heavy (non-hydrogen) atoms. The van der Waals surface area contributed by atoms with E-state index in [-0.39, 0.29) is 5.82 Å². The minimum absolute atomic E-state index is 0.357. The highest BCUT2D eigenvalue weighted by atomic mass is 35.5. The lowest BCUT2D eigenvalue weighted by molar-refractivity contribution is 0.370. The molecule has 1 aromatic heterocycles. The third kappa shape index (κ3) is 4.01. The summed E-state index contributed by atoms with van der Waals surface area (Å²) >= 11 is 5.95. The summed E-state index contributed by atoms with van der Waals surface area (Å²) in [5.74, 6) is 0.794. The Balaban J connectivity index is 1.99. The van der Waals surface area contributed by atoms with Crippen molar-refractivity contribution in [2.75, 3.05) is 6.54 Å². The van der Waals surface area contributed by atoms with E-state index in [0.29, 0.717) is 29.7 Å². The Morgan fingerprint density at radius 3 is 2.89 bits per heavy atom. The Morgan fingerprint density at radius 2 is 2.16 bits per heavy atom. The predicted molar refractivity (Wildman–Crippen MR) is 70.5 cm³/mol. The van der Waals surface area contributed by atoms with Gasteiger partial charge in [-0.15, -0.1) is 0 Å². The molecule has 0 amide bonds. The van der Waals surface area contributed by atoms with Crippen molar-refractivity contribution in [2.45, 2.75) is 25.7 Å². The van der Waals surface area contributed by atoms with Crippen LogP contribution in [-0.2, 0) is 12.8 Å². The Bertz CT molecular complexity index is 544. The van der Waals surface area contributed by atoms with Crippen molar-refractivity contribution < 1.29 is 8.91 Å². The van der Waals surface area contributed by atoms with E-state index in [1.54, 1.807) is 6.07 Å². The quantitative estimate of drug-likeness (QED) is 0.828. The van der Waals surface area contributed by atoms with E-state index in [2.05, 4.69) is 10.1 Å². The summed E-state index contributed by atoms with van der Waals surface area (Å²) in [4.78, 5) is 4.27. The van der Waals surface area contributed by atoms with E-state index in [0.717, 1.165) is 24.8 Å². The number of aromatic nitrogens is 2. The van der Waals surface area contributed by atoms with Gasteiger partial charge in [-0.3, -0.25) is 0 Å². The molecule has 1 heterocycles. The topological polar surface area (TPSA) is 64.9 Å². The van der Waals surface area contributed by atoms with Crippen molar-refractivity contribution in [2.24, 2.45) is 5.73 Å². The first-order chi connectivity index (χ1) is 9.19. The monoisotopic (exact) mass is 283 g/mol. The molecule has 0 atom stereocenters. The molecule has 0 fully saturated rings. The van der Waals surface area contributed by atoms with Crippen molar-refractivity contribution in [3.8, 4) is 0 Å². The lowest BCUT2D eigenvalue weighted by Gasteiger charge is -2.00. The van der Waals surface area contributed by atoms with Crippen molar-refractivity contribution in [1.29, 1.82) is 0 Å². The number of halogens is 2. The number of hydrogen-bond donors (Lipinski definition) is 1. The molecular formula is C13H15ClFN3O. The number of hydrogen-bond acceptors (Lipinski definition) is 4. The fourth-order valence-electron chi connectivity index (χ4n) is 1.72. The summed E-state index contributed by atoms with van der Waals surface area (Å²) in [5.41, 5.74) is 6.19. The molecule has 0 aliphatic heterocycles. The van der Waals surface area contributed by atoms with Crippen LogP contribution in [0.25, 0.3) is 0 Å². The summed E-state index contributed by atoms with van der Waals surface area (Å²) in [7, 11) is 0. The van der Waals surface area contributed by atoms with Crippen molar-refractivity contribution in [1.82, 2.24) is 10.1 Å². The summed E-state index contributed by atoms with van der Waals surface area (Å²) in [6.45, 7) is 0.659. The molecule has 0 aliphatic rings. The van der Waals surface area contributed by atoms with Gasteiger partial charge in [0.05, 0.1) is 0 Å². The van der Waals surface area contributed by atoms with Crippen molar-refractivity contribution >= 4 is 11.6 Å². The molecule has 102 valence electrons. The van der Waals surface area contributed by atoms with Gasteiger partial charge in [-0.05, 0) is 37.1 Å². The van der Waals surface area contributed by atoms with Crippen LogP contribution in [0.5, 0.6) is 0 Å². The van der Waals surface area contributed by atoms with Crippen LogP contribution in [0.15, 0.2) is 22.7 Å². The molecule has 0 saturated carbocycles. The first-order valence-electron chi connectivity index (χ1n) is 6.14. The minimum atomic E-state index is -0.357. The van der Waals surface area contributed by atoms with Gasteiger partial charge in [0.2, 0.25) is 5.89 Å². The number of unbranched alkanes of at least 4 members (excludes halogenated alkanes) is 1. The maximum atomic E-state index is 12.9. The third-order valence-corrected chi connectivity index (χ3v) is 3.07. The minimum Gasteiger partial charge on any atom is -0.339 e. The van der Waals surface area contributed by atoms with Gasteiger partial charge >= 0.3 is 0 Å². The van der Waals surface area contributed by atoms with Crippen molar-refractivity contribution in [3.63, 3.8) is 0 Å². The highest BCUT2D eigenvalue weighted by molar-refractivity contribution is 6.31. The Morgan fingerprint density at radius 1 is 1.32 bits per heavy atom. The van der Waals surface area contributed by atoms with E-state index in [1.165, 1.54) is 12.1 Å². The molecule has 0 unspecified atom stereocenters. The van der Waals surface area contributed by atoms with Crippen LogP contribution in [0.3, 0.4) is 0 Å². The van der Waals surface area contributed by atoms with Gasteiger partial charge in [-0.2, -0.15) is 4.98 Å². The zero-order valence-corrected chi connectivity index (χ0v) is 11.2. The summed E-state index contributed by atoms with van der Waals surface area (Å²) in [5, 5.41) is 4.25. The fraction of sp³-hybridized carbons (Fsp3) is 0.385. The largest absolute Gasteiger partial charge is 0.339 e. The highest BCUT2D eigenvalue weighted by Crippen LogP contribution is 2.19. The molecule has 6 heteroatoms. The zero-order valence-electron chi connectivity index (χ0n) is 10.4. The van der Waals surface area contributed by atoms with Crippen LogP contribution in [0.4, 0.5) is 4.39 Å². The lowest BCUT2D eigenvalue weighted by Crippen LogP contribution is -1.99. The highest BCUT2D eigenvalue weighted by Gasteiger charge is 2.09. The molecule has 2 N–H and O–H groups in total. The van der Waals surface area contributed by atoms with Gasteiger partial charge in [-0.25, -0.2) is 4.39 Å². The molecule has 1 aromatic carbocycles. The van der Waals surface area contributed by atoms with Crippen LogP contribution < -0.4 is 5.73 Å². The maximum Gasteiger partial charge on any atom is 0.226 e. The first kappa shape index (κ1) is 14.0. The average molecular weight is 284 g/mol. The van der Waals surface area contributed by atoms with Crippen LogP contribution in [0, 0.1) is 5.82 Å². The number of benzene rings is 1. The number of nitrogens with two attached hydrogens (primary N) is 1. The SMILES string of the molecule is NCCCCc1nc(Cc2ccc(F)cc2Cl)no1. The molecule has 4 nitrogen and oxygen atoms in total. The maximum absolute atomic E-state index is 12.9. The fourth-order valence-corrected chi connectivity index (χ4v) is 1.95. The Labute approximate surface area is 115 Å². The summed E-state index contributed by atoms with van der Waals surface area (Å²) < 4.78 is 18.0. The normalized spacial score (nSPS) is 10.9. The van der Waals surface area contributed by atoms with Crippen LogP contribution in [0.1, 0.15) is 30.1 Å².